The van der Waals surface area contributed by atoms with Crippen molar-refractivity contribution in [2.75, 3.05) is 4.90 Å². The number of rotatable bonds is 4. The first kappa shape index (κ1) is 31.6. The van der Waals surface area contributed by atoms with Crippen molar-refractivity contribution in [3.05, 3.63) is 186 Å². The van der Waals surface area contributed by atoms with Crippen molar-refractivity contribution in [2.24, 2.45) is 0 Å². The molecule has 2 aliphatic rings. The fourth-order valence-electron chi connectivity index (χ4n) is 9.71. The quantitative estimate of drug-likeness (QED) is 0.176. The molecule has 11 rings (SSSR count). The van der Waals surface area contributed by atoms with Gasteiger partial charge in [-0.2, -0.15) is 0 Å². The average Bonchev–Trinajstić information content (AvgIpc) is 3.77. The zero-order chi connectivity index (χ0) is 36.3. The molecule has 0 saturated heterocycles. The molecule has 2 heteroatoms. The highest BCUT2D eigenvalue weighted by molar-refractivity contribution is 7.25. The van der Waals surface area contributed by atoms with Crippen LogP contribution in [0.4, 0.5) is 17.1 Å². The monoisotopic (exact) mass is 709 g/mol. The average molecular weight is 710 g/mol. The number of benzene rings is 8. The van der Waals surface area contributed by atoms with Gasteiger partial charge in [0.15, 0.2) is 0 Å². The Morgan fingerprint density at radius 3 is 1.85 bits per heavy atom. The molecule has 54 heavy (non-hydrogen) atoms. The first-order chi connectivity index (χ1) is 26.3. The van der Waals surface area contributed by atoms with Crippen LogP contribution in [0, 0.1) is 0 Å². The van der Waals surface area contributed by atoms with Gasteiger partial charge in [0.1, 0.15) is 0 Å². The van der Waals surface area contributed by atoms with Crippen LogP contribution in [0.1, 0.15) is 49.9 Å². The summed E-state index contributed by atoms with van der Waals surface area (Å²) < 4.78 is 2.63. The summed E-state index contributed by atoms with van der Waals surface area (Å²) in [5, 5.41) is 5.30. The molecule has 0 unspecified atom stereocenters. The summed E-state index contributed by atoms with van der Waals surface area (Å²) in [4.78, 5) is 2.44. The van der Waals surface area contributed by atoms with E-state index in [4.69, 9.17) is 0 Å². The van der Waals surface area contributed by atoms with Crippen molar-refractivity contribution < 1.29 is 0 Å². The van der Waals surface area contributed by atoms with E-state index in [1.54, 1.807) is 0 Å². The summed E-state index contributed by atoms with van der Waals surface area (Å²) in [6, 6.07) is 61.5. The fraction of sp³-hybridized carbons (Fsp3) is 0.115. The molecule has 0 radical (unpaired) electrons. The Morgan fingerprint density at radius 1 is 0.389 bits per heavy atom. The predicted octanol–water partition coefficient (Wildman–Crippen LogP) is 15.0. The summed E-state index contributed by atoms with van der Waals surface area (Å²) in [5.74, 6) is 0. The fourth-order valence-corrected chi connectivity index (χ4v) is 10.9. The lowest BCUT2D eigenvalue weighted by Crippen LogP contribution is -2.16. The van der Waals surface area contributed by atoms with Gasteiger partial charge in [-0.25, -0.2) is 0 Å². The minimum Gasteiger partial charge on any atom is -0.310 e. The molecule has 1 heterocycles. The Morgan fingerprint density at radius 2 is 0.981 bits per heavy atom. The number of anilines is 3. The molecule has 0 atom stereocenters. The van der Waals surface area contributed by atoms with Crippen LogP contribution < -0.4 is 4.90 Å². The molecule has 2 aliphatic carbocycles. The highest BCUT2D eigenvalue weighted by Gasteiger charge is 2.38. The summed E-state index contributed by atoms with van der Waals surface area (Å²) in [7, 11) is 0. The summed E-state index contributed by atoms with van der Waals surface area (Å²) in [6.45, 7) is 9.50. The molecule has 0 fully saturated rings. The molecule has 0 spiro atoms. The van der Waals surface area contributed by atoms with Crippen molar-refractivity contribution in [1.29, 1.82) is 0 Å². The standard InChI is InChI=1S/C52H39NS/c1-51(2)45-15-9-7-13-39(45)40-27-23-36(30-47(40)51)53(37-24-28-43-42-14-8-10-16-48(42)54-49(43)31-37)35-21-17-32(18-22-35)34-20-25-41-44-26-19-33-11-5-6-12-38(33)50(44)52(3,4)46(41)29-34/h5-31H,1-4H3. The Balaban J connectivity index is 1.02. The number of hydrogen-bond acceptors (Lipinski definition) is 2. The molecule has 0 amide bonds. The van der Waals surface area contributed by atoms with Crippen LogP contribution in [0.3, 0.4) is 0 Å². The van der Waals surface area contributed by atoms with Crippen molar-refractivity contribution in [3.63, 3.8) is 0 Å². The third-order valence-corrected chi connectivity index (χ3v) is 13.6. The smallest absolute Gasteiger partial charge is 0.0476 e. The SMILES string of the molecule is CC1(C)c2ccccc2-c2ccc(N(c3ccc(-c4ccc5c(c4)C(C)(C)c4c-5ccc5ccccc45)cc3)c3ccc4c(c3)sc3ccccc34)cc21. The predicted molar refractivity (Wildman–Crippen MR) is 232 cm³/mol. The van der Waals surface area contributed by atoms with E-state index in [9.17, 15) is 0 Å². The van der Waals surface area contributed by atoms with Gasteiger partial charge in [0.25, 0.3) is 0 Å². The van der Waals surface area contributed by atoms with E-state index in [1.165, 1.54) is 98.0 Å². The highest BCUT2D eigenvalue weighted by atomic mass is 32.1. The maximum Gasteiger partial charge on any atom is 0.0476 e. The first-order valence-electron chi connectivity index (χ1n) is 19.0. The Kier molecular flexibility index (Phi) is 6.59. The van der Waals surface area contributed by atoms with Crippen LogP contribution in [0.15, 0.2) is 164 Å². The van der Waals surface area contributed by atoms with E-state index in [0.29, 0.717) is 0 Å². The van der Waals surface area contributed by atoms with Gasteiger partial charge < -0.3 is 4.90 Å². The van der Waals surface area contributed by atoms with Crippen LogP contribution in [0.5, 0.6) is 0 Å². The minimum atomic E-state index is -0.0927. The second-order valence-corrected chi connectivity index (χ2v) is 17.2. The van der Waals surface area contributed by atoms with Gasteiger partial charge in [0.05, 0.1) is 0 Å². The van der Waals surface area contributed by atoms with Gasteiger partial charge in [-0.3, -0.25) is 0 Å². The lowest BCUT2D eigenvalue weighted by atomic mass is 9.79. The molecular weight excluding hydrogens is 671 g/mol. The summed E-state index contributed by atoms with van der Waals surface area (Å²) >= 11 is 1.87. The molecule has 0 aliphatic heterocycles. The van der Waals surface area contributed by atoms with Crippen LogP contribution in [-0.2, 0) is 10.8 Å². The van der Waals surface area contributed by atoms with Crippen molar-refractivity contribution in [1.82, 2.24) is 0 Å². The molecule has 8 aromatic carbocycles. The number of thiophene rings is 1. The third kappa shape index (κ3) is 4.44. The third-order valence-electron chi connectivity index (χ3n) is 12.4. The number of fused-ring (bicyclic) bond motifs is 11. The van der Waals surface area contributed by atoms with Gasteiger partial charge in [0.2, 0.25) is 0 Å². The number of hydrogen-bond donors (Lipinski definition) is 0. The Labute approximate surface area is 320 Å². The van der Waals surface area contributed by atoms with Crippen LogP contribution in [0.2, 0.25) is 0 Å². The van der Waals surface area contributed by atoms with Gasteiger partial charge in [0, 0.05) is 48.1 Å². The summed E-state index contributed by atoms with van der Waals surface area (Å²) in [6.07, 6.45) is 0. The minimum absolute atomic E-state index is 0.0831. The van der Waals surface area contributed by atoms with E-state index < -0.39 is 0 Å². The second kappa shape index (κ2) is 11.3. The largest absolute Gasteiger partial charge is 0.310 e. The molecular formula is C52H39NS. The maximum absolute atomic E-state index is 2.44. The molecule has 0 bridgehead atoms. The zero-order valence-electron chi connectivity index (χ0n) is 30.9. The Bertz CT molecular complexity index is 3000. The van der Waals surface area contributed by atoms with E-state index in [-0.39, 0.29) is 10.8 Å². The van der Waals surface area contributed by atoms with E-state index in [2.05, 4.69) is 196 Å². The normalized spacial score (nSPS) is 14.6. The van der Waals surface area contributed by atoms with Crippen LogP contribution in [0.25, 0.3) is 64.3 Å². The van der Waals surface area contributed by atoms with Crippen LogP contribution >= 0.6 is 11.3 Å². The van der Waals surface area contributed by atoms with Crippen molar-refractivity contribution >= 4 is 59.3 Å². The second-order valence-electron chi connectivity index (χ2n) is 16.2. The first-order valence-corrected chi connectivity index (χ1v) is 19.8. The topological polar surface area (TPSA) is 3.24 Å². The molecule has 1 nitrogen and oxygen atoms in total. The van der Waals surface area contributed by atoms with Gasteiger partial charge in [-0.15, -0.1) is 11.3 Å². The maximum atomic E-state index is 2.44. The molecule has 9 aromatic rings. The Hall–Kier alpha value is -5.96. The lowest BCUT2D eigenvalue weighted by molar-refractivity contribution is 0.660. The lowest BCUT2D eigenvalue weighted by Gasteiger charge is -2.28. The van der Waals surface area contributed by atoms with Crippen LogP contribution in [-0.4, -0.2) is 0 Å². The van der Waals surface area contributed by atoms with E-state index in [0.717, 1.165) is 5.69 Å². The molecule has 0 saturated carbocycles. The number of nitrogens with zero attached hydrogens (tertiary/aromatic N) is 1. The molecule has 1 aromatic heterocycles. The highest BCUT2D eigenvalue weighted by Crippen LogP contribution is 2.53. The summed E-state index contributed by atoms with van der Waals surface area (Å²) in [5.41, 5.74) is 16.8. The van der Waals surface area contributed by atoms with E-state index in [1.807, 2.05) is 11.3 Å². The van der Waals surface area contributed by atoms with E-state index >= 15 is 0 Å². The van der Waals surface area contributed by atoms with Gasteiger partial charge in [-0.1, -0.05) is 143 Å². The van der Waals surface area contributed by atoms with Crippen molar-refractivity contribution in [3.8, 4) is 33.4 Å². The van der Waals surface area contributed by atoms with Crippen molar-refractivity contribution in [2.45, 2.75) is 38.5 Å². The van der Waals surface area contributed by atoms with Gasteiger partial charge >= 0.3 is 0 Å². The van der Waals surface area contributed by atoms with Gasteiger partial charge in [-0.05, 0) is 115 Å². The molecule has 0 N–H and O–H groups in total. The molecule has 258 valence electrons. The zero-order valence-corrected chi connectivity index (χ0v) is 31.8.